The molecule has 4 nitrogen and oxygen atoms in total. The van der Waals surface area contributed by atoms with Gasteiger partial charge in [-0.3, -0.25) is 0 Å². The van der Waals surface area contributed by atoms with Gasteiger partial charge in [-0.25, -0.2) is 0 Å². The number of aromatic nitrogens is 1. The third-order valence-electron chi connectivity index (χ3n) is 3.76. The number of fused-ring (bicyclic) bond motifs is 1. The van der Waals surface area contributed by atoms with Crippen LogP contribution in [0.4, 0.5) is 0 Å². The number of aromatic hydroxyl groups is 2. The van der Waals surface area contributed by atoms with Gasteiger partial charge in [0.1, 0.15) is 11.5 Å². The standard InChI is InChI=1S/C17H17NO3/c1-11-15-10-14(21)6-7-16(15)18(8-9-19)17(11)12-2-4-13(20)5-3-12/h2-7,10,19-21H,8-9H2,1H3. The third kappa shape index (κ3) is 2.23. The fraction of sp³-hybridized carbons (Fsp3) is 0.176. The average molecular weight is 283 g/mol. The minimum atomic E-state index is 0.0369. The Hall–Kier alpha value is -2.46. The van der Waals surface area contributed by atoms with E-state index >= 15 is 0 Å². The highest BCUT2D eigenvalue weighted by Crippen LogP contribution is 2.35. The van der Waals surface area contributed by atoms with E-state index in [0.29, 0.717) is 6.54 Å². The molecule has 0 bridgehead atoms. The number of aliphatic hydroxyl groups is 1. The van der Waals surface area contributed by atoms with Gasteiger partial charge in [-0.05, 0) is 60.5 Å². The highest BCUT2D eigenvalue weighted by Gasteiger charge is 2.15. The second-order valence-corrected chi connectivity index (χ2v) is 5.10. The summed E-state index contributed by atoms with van der Waals surface area (Å²) in [6.45, 7) is 2.51. The summed E-state index contributed by atoms with van der Waals surface area (Å²) in [6, 6.07) is 12.2. The van der Waals surface area contributed by atoms with Crippen molar-refractivity contribution in [2.75, 3.05) is 6.61 Å². The fourth-order valence-corrected chi connectivity index (χ4v) is 2.83. The molecule has 3 rings (SSSR count). The van der Waals surface area contributed by atoms with E-state index in [1.54, 1.807) is 24.3 Å². The molecule has 1 aromatic heterocycles. The Kier molecular flexibility index (Phi) is 3.31. The first-order valence-electron chi connectivity index (χ1n) is 6.84. The number of aryl methyl sites for hydroxylation is 1. The molecular formula is C17H17NO3. The number of rotatable bonds is 3. The van der Waals surface area contributed by atoms with Gasteiger partial charge in [0.15, 0.2) is 0 Å². The summed E-state index contributed by atoms with van der Waals surface area (Å²) in [5.41, 5.74) is 3.97. The second-order valence-electron chi connectivity index (χ2n) is 5.10. The molecule has 0 amide bonds. The van der Waals surface area contributed by atoms with Crippen LogP contribution in [0.25, 0.3) is 22.2 Å². The largest absolute Gasteiger partial charge is 0.508 e. The lowest BCUT2D eigenvalue weighted by atomic mass is 10.1. The van der Waals surface area contributed by atoms with Crippen molar-refractivity contribution < 1.29 is 15.3 Å². The van der Waals surface area contributed by atoms with E-state index in [9.17, 15) is 15.3 Å². The molecule has 3 aromatic rings. The van der Waals surface area contributed by atoms with Crippen molar-refractivity contribution in [3.8, 4) is 22.8 Å². The van der Waals surface area contributed by atoms with Crippen LogP contribution in [0, 0.1) is 6.92 Å². The monoisotopic (exact) mass is 283 g/mol. The first-order valence-corrected chi connectivity index (χ1v) is 6.84. The van der Waals surface area contributed by atoms with Crippen LogP contribution in [0.15, 0.2) is 42.5 Å². The van der Waals surface area contributed by atoms with Gasteiger partial charge >= 0.3 is 0 Å². The van der Waals surface area contributed by atoms with E-state index in [1.807, 2.05) is 29.7 Å². The Bertz CT molecular complexity index is 788. The molecule has 4 heteroatoms. The maximum Gasteiger partial charge on any atom is 0.116 e. The van der Waals surface area contributed by atoms with Gasteiger partial charge in [-0.2, -0.15) is 0 Å². The van der Waals surface area contributed by atoms with Crippen LogP contribution in [0.3, 0.4) is 0 Å². The Morgan fingerprint density at radius 1 is 0.952 bits per heavy atom. The van der Waals surface area contributed by atoms with Crippen LogP contribution in [0.1, 0.15) is 5.56 Å². The van der Waals surface area contributed by atoms with Gasteiger partial charge in [-0.1, -0.05) is 0 Å². The molecule has 3 N–H and O–H groups in total. The number of phenols is 2. The van der Waals surface area contributed by atoms with E-state index in [4.69, 9.17) is 0 Å². The number of aliphatic hydroxyl groups excluding tert-OH is 1. The molecule has 0 unspecified atom stereocenters. The van der Waals surface area contributed by atoms with Crippen LogP contribution in [0.5, 0.6) is 11.5 Å². The normalized spacial score (nSPS) is 11.1. The summed E-state index contributed by atoms with van der Waals surface area (Å²) >= 11 is 0. The summed E-state index contributed by atoms with van der Waals surface area (Å²) in [6.07, 6.45) is 0. The number of phenolic OH excluding ortho intramolecular Hbond substituents is 2. The maximum atomic E-state index is 9.70. The summed E-state index contributed by atoms with van der Waals surface area (Å²) < 4.78 is 2.04. The molecule has 0 spiro atoms. The van der Waals surface area contributed by atoms with Crippen molar-refractivity contribution in [3.05, 3.63) is 48.0 Å². The molecule has 108 valence electrons. The third-order valence-corrected chi connectivity index (χ3v) is 3.76. The number of hydrogen-bond donors (Lipinski definition) is 3. The molecule has 0 radical (unpaired) electrons. The van der Waals surface area contributed by atoms with Crippen molar-refractivity contribution in [1.82, 2.24) is 4.57 Å². The van der Waals surface area contributed by atoms with Crippen molar-refractivity contribution in [2.24, 2.45) is 0 Å². The maximum absolute atomic E-state index is 9.70. The Labute approximate surface area is 122 Å². The first-order chi connectivity index (χ1) is 10.1. The Morgan fingerprint density at radius 3 is 2.29 bits per heavy atom. The second kappa shape index (κ2) is 5.14. The predicted octanol–water partition coefficient (Wildman–Crippen LogP) is 3.02. The smallest absolute Gasteiger partial charge is 0.116 e. The fourth-order valence-electron chi connectivity index (χ4n) is 2.83. The van der Waals surface area contributed by atoms with Crippen molar-refractivity contribution in [3.63, 3.8) is 0 Å². The quantitative estimate of drug-likeness (QED) is 0.692. The lowest BCUT2D eigenvalue weighted by Gasteiger charge is -2.10. The Balaban J connectivity index is 2.32. The SMILES string of the molecule is Cc1c(-c2ccc(O)cc2)n(CCO)c2ccc(O)cc12. The Morgan fingerprint density at radius 2 is 1.62 bits per heavy atom. The zero-order chi connectivity index (χ0) is 15.0. The topological polar surface area (TPSA) is 65.6 Å². The van der Waals surface area contributed by atoms with Crippen LogP contribution in [0.2, 0.25) is 0 Å². The van der Waals surface area contributed by atoms with Gasteiger partial charge in [0.2, 0.25) is 0 Å². The molecule has 0 aliphatic carbocycles. The minimum absolute atomic E-state index is 0.0369. The number of nitrogens with zero attached hydrogens (tertiary/aromatic N) is 1. The van der Waals surface area contributed by atoms with Gasteiger partial charge in [-0.15, -0.1) is 0 Å². The average Bonchev–Trinajstić information content (AvgIpc) is 2.73. The summed E-state index contributed by atoms with van der Waals surface area (Å²) in [5, 5.41) is 29.5. The summed E-state index contributed by atoms with van der Waals surface area (Å²) in [5.74, 6) is 0.447. The van der Waals surface area contributed by atoms with Gasteiger partial charge in [0.05, 0.1) is 12.3 Å². The molecule has 1 heterocycles. The van der Waals surface area contributed by atoms with Crippen LogP contribution in [-0.2, 0) is 6.54 Å². The van der Waals surface area contributed by atoms with Crippen LogP contribution < -0.4 is 0 Å². The van der Waals surface area contributed by atoms with Crippen molar-refractivity contribution in [1.29, 1.82) is 0 Å². The van der Waals surface area contributed by atoms with Crippen molar-refractivity contribution in [2.45, 2.75) is 13.5 Å². The van der Waals surface area contributed by atoms with Crippen molar-refractivity contribution >= 4 is 10.9 Å². The molecule has 0 saturated heterocycles. The zero-order valence-corrected chi connectivity index (χ0v) is 11.7. The van der Waals surface area contributed by atoms with Gasteiger partial charge in [0.25, 0.3) is 0 Å². The van der Waals surface area contributed by atoms with E-state index in [0.717, 1.165) is 27.7 Å². The molecule has 0 saturated carbocycles. The van der Waals surface area contributed by atoms with E-state index < -0.39 is 0 Å². The van der Waals surface area contributed by atoms with Gasteiger partial charge in [0, 0.05) is 17.4 Å². The molecule has 2 aromatic carbocycles. The molecule has 21 heavy (non-hydrogen) atoms. The van der Waals surface area contributed by atoms with E-state index in [1.165, 1.54) is 0 Å². The van der Waals surface area contributed by atoms with E-state index in [2.05, 4.69) is 0 Å². The highest BCUT2D eigenvalue weighted by molar-refractivity contribution is 5.92. The first kappa shape index (κ1) is 13.5. The lowest BCUT2D eigenvalue weighted by Crippen LogP contribution is -2.04. The molecular weight excluding hydrogens is 266 g/mol. The zero-order valence-electron chi connectivity index (χ0n) is 11.7. The summed E-state index contributed by atoms with van der Waals surface area (Å²) in [4.78, 5) is 0. The number of benzene rings is 2. The van der Waals surface area contributed by atoms with Gasteiger partial charge < -0.3 is 19.9 Å². The molecule has 0 atom stereocenters. The molecule has 0 aliphatic heterocycles. The van der Waals surface area contributed by atoms with E-state index in [-0.39, 0.29) is 18.1 Å². The summed E-state index contributed by atoms with van der Waals surface area (Å²) in [7, 11) is 0. The van der Waals surface area contributed by atoms with Crippen LogP contribution in [-0.4, -0.2) is 26.5 Å². The molecule has 0 fully saturated rings. The van der Waals surface area contributed by atoms with Crippen LogP contribution >= 0.6 is 0 Å². The lowest BCUT2D eigenvalue weighted by molar-refractivity contribution is 0.278. The predicted molar refractivity (Wildman–Crippen MR) is 82.5 cm³/mol. The highest BCUT2D eigenvalue weighted by atomic mass is 16.3. The minimum Gasteiger partial charge on any atom is -0.508 e. The number of hydrogen-bond acceptors (Lipinski definition) is 3. The molecule has 0 aliphatic rings.